The molecule has 0 bridgehead atoms. The van der Waals surface area contributed by atoms with Gasteiger partial charge in [0.1, 0.15) is 11.6 Å². The Morgan fingerprint density at radius 1 is 1.13 bits per heavy atom. The third kappa shape index (κ3) is 2.63. The number of benzene rings is 2. The number of aryl methyl sites for hydroxylation is 1. The zero-order valence-corrected chi connectivity index (χ0v) is 12.7. The molecule has 2 N–H and O–H groups in total. The van der Waals surface area contributed by atoms with E-state index in [0.717, 1.165) is 30.8 Å². The Kier molecular flexibility index (Phi) is 3.62. The molecule has 0 saturated heterocycles. The average Bonchev–Trinajstić information content (AvgIpc) is 2.93. The maximum absolute atomic E-state index is 13.8. The number of hydrogen-bond donors (Lipinski definition) is 2. The lowest BCUT2D eigenvalue weighted by atomic mass is 9.91. The number of H-pyrrole nitrogens is 1. The van der Waals surface area contributed by atoms with Gasteiger partial charge < -0.3 is 10.3 Å². The molecule has 1 unspecified atom stereocenters. The second kappa shape index (κ2) is 5.78. The summed E-state index contributed by atoms with van der Waals surface area (Å²) in [6.45, 7) is 0.394. The molecule has 0 amide bonds. The van der Waals surface area contributed by atoms with Gasteiger partial charge in [-0.15, -0.1) is 0 Å². The van der Waals surface area contributed by atoms with Crippen molar-refractivity contribution in [2.45, 2.75) is 31.8 Å². The summed E-state index contributed by atoms with van der Waals surface area (Å²) in [7, 11) is 0. The fourth-order valence-corrected chi connectivity index (χ4v) is 3.52. The summed E-state index contributed by atoms with van der Waals surface area (Å²) in [5.74, 6) is -1.04. The zero-order chi connectivity index (χ0) is 15.8. The van der Waals surface area contributed by atoms with E-state index in [2.05, 4.69) is 28.5 Å². The van der Waals surface area contributed by atoms with E-state index in [0.29, 0.717) is 12.1 Å². The van der Waals surface area contributed by atoms with E-state index >= 15 is 0 Å². The van der Waals surface area contributed by atoms with Gasteiger partial charge in [0.15, 0.2) is 0 Å². The molecule has 0 spiro atoms. The van der Waals surface area contributed by atoms with Gasteiger partial charge in [-0.3, -0.25) is 0 Å². The predicted octanol–water partition coefficient (Wildman–Crippen LogP) is 4.61. The minimum Gasteiger partial charge on any atom is -0.357 e. The fraction of sp³-hybridized carbons (Fsp3) is 0.263. The normalized spacial score (nSPS) is 17.4. The van der Waals surface area contributed by atoms with Crippen molar-refractivity contribution in [1.82, 2.24) is 10.3 Å². The van der Waals surface area contributed by atoms with Crippen molar-refractivity contribution in [2.75, 3.05) is 0 Å². The molecule has 4 heteroatoms. The summed E-state index contributed by atoms with van der Waals surface area (Å²) in [6.07, 6.45) is 3.20. The van der Waals surface area contributed by atoms with Gasteiger partial charge >= 0.3 is 0 Å². The van der Waals surface area contributed by atoms with Gasteiger partial charge in [0.05, 0.1) is 0 Å². The highest BCUT2D eigenvalue weighted by atomic mass is 19.1. The van der Waals surface area contributed by atoms with E-state index < -0.39 is 11.6 Å². The lowest BCUT2D eigenvalue weighted by Crippen LogP contribution is -2.25. The van der Waals surface area contributed by atoms with Crippen LogP contribution in [0.25, 0.3) is 10.9 Å². The van der Waals surface area contributed by atoms with Crippen molar-refractivity contribution in [1.29, 1.82) is 0 Å². The molecule has 23 heavy (non-hydrogen) atoms. The Labute approximate surface area is 133 Å². The number of aromatic amines is 1. The number of aromatic nitrogens is 1. The first-order chi connectivity index (χ1) is 11.2. The minimum absolute atomic E-state index is 0.176. The topological polar surface area (TPSA) is 27.8 Å². The molecule has 0 saturated carbocycles. The number of fused-ring (bicyclic) bond motifs is 3. The van der Waals surface area contributed by atoms with Gasteiger partial charge in [-0.25, -0.2) is 8.78 Å². The summed E-state index contributed by atoms with van der Waals surface area (Å²) >= 11 is 0. The molecule has 4 rings (SSSR count). The minimum atomic E-state index is -0.540. The Balaban J connectivity index is 1.59. The first kappa shape index (κ1) is 14.4. The Hall–Kier alpha value is -2.20. The average molecular weight is 312 g/mol. The molecule has 0 aliphatic heterocycles. The molecular formula is C19H18F2N2. The van der Waals surface area contributed by atoms with E-state index in [9.17, 15) is 8.78 Å². The van der Waals surface area contributed by atoms with Crippen molar-refractivity contribution < 1.29 is 8.78 Å². The highest BCUT2D eigenvalue weighted by molar-refractivity contribution is 5.85. The van der Waals surface area contributed by atoms with Crippen LogP contribution in [0.1, 0.15) is 35.7 Å². The van der Waals surface area contributed by atoms with Crippen LogP contribution < -0.4 is 5.32 Å². The quantitative estimate of drug-likeness (QED) is 0.726. The van der Waals surface area contributed by atoms with E-state index in [1.807, 2.05) is 6.07 Å². The molecule has 2 nitrogen and oxygen atoms in total. The molecule has 1 heterocycles. The summed E-state index contributed by atoms with van der Waals surface area (Å²) in [6, 6.07) is 12.2. The van der Waals surface area contributed by atoms with Crippen molar-refractivity contribution in [3.8, 4) is 0 Å². The molecule has 2 aromatic carbocycles. The second-order valence-corrected chi connectivity index (χ2v) is 6.12. The first-order valence-corrected chi connectivity index (χ1v) is 7.99. The van der Waals surface area contributed by atoms with Gasteiger partial charge in [0.25, 0.3) is 0 Å². The number of para-hydroxylation sites is 1. The van der Waals surface area contributed by atoms with Gasteiger partial charge in [0, 0.05) is 40.8 Å². The SMILES string of the molecule is Fc1ccc(CNC2CCCc3c2[nH]c2ccccc32)c(F)c1. The van der Waals surface area contributed by atoms with Crippen LogP contribution in [0.2, 0.25) is 0 Å². The highest BCUT2D eigenvalue weighted by Crippen LogP contribution is 2.34. The predicted molar refractivity (Wildman–Crippen MR) is 87.2 cm³/mol. The highest BCUT2D eigenvalue weighted by Gasteiger charge is 2.23. The molecule has 1 aliphatic carbocycles. The number of rotatable bonds is 3. The van der Waals surface area contributed by atoms with Crippen molar-refractivity contribution in [2.24, 2.45) is 0 Å². The molecule has 1 aliphatic rings. The van der Waals surface area contributed by atoms with Gasteiger partial charge in [0.2, 0.25) is 0 Å². The van der Waals surface area contributed by atoms with E-state index in [1.165, 1.54) is 28.8 Å². The molecule has 3 aromatic rings. The zero-order valence-electron chi connectivity index (χ0n) is 12.7. The molecule has 0 radical (unpaired) electrons. The van der Waals surface area contributed by atoms with Gasteiger partial charge in [-0.05, 0) is 37.0 Å². The standard InChI is InChI=1S/C19H18F2N2/c20-13-9-8-12(16(21)10-13)11-22-18-7-3-5-15-14-4-1-2-6-17(14)23-19(15)18/h1-2,4,6,8-10,18,22-23H,3,5,7,11H2. The van der Waals surface area contributed by atoms with E-state index in [-0.39, 0.29) is 6.04 Å². The number of hydrogen-bond acceptors (Lipinski definition) is 1. The Morgan fingerprint density at radius 2 is 2.00 bits per heavy atom. The summed E-state index contributed by atoms with van der Waals surface area (Å²) < 4.78 is 26.8. The molecule has 1 aromatic heterocycles. The first-order valence-electron chi connectivity index (χ1n) is 7.99. The van der Waals surface area contributed by atoms with Crippen LogP contribution in [0.3, 0.4) is 0 Å². The van der Waals surface area contributed by atoms with E-state index in [4.69, 9.17) is 0 Å². The summed E-state index contributed by atoms with van der Waals surface area (Å²) in [4.78, 5) is 3.51. The van der Waals surface area contributed by atoms with E-state index in [1.54, 1.807) is 0 Å². The Bertz CT molecular complexity index is 854. The van der Waals surface area contributed by atoms with Crippen LogP contribution in [0.15, 0.2) is 42.5 Å². The van der Waals surface area contributed by atoms with Crippen LogP contribution in [-0.4, -0.2) is 4.98 Å². The van der Waals surface area contributed by atoms with Crippen LogP contribution in [-0.2, 0) is 13.0 Å². The molecule has 118 valence electrons. The molecular weight excluding hydrogens is 294 g/mol. The molecule has 1 atom stereocenters. The fourth-order valence-electron chi connectivity index (χ4n) is 3.52. The van der Waals surface area contributed by atoms with Crippen LogP contribution in [0.4, 0.5) is 8.78 Å². The maximum atomic E-state index is 13.8. The lowest BCUT2D eigenvalue weighted by Gasteiger charge is -2.24. The molecule has 0 fully saturated rings. The van der Waals surface area contributed by atoms with Crippen molar-refractivity contribution >= 4 is 10.9 Å². The van der Waals surface area contributed by atoms with Crippen molar-refractivity contribution in [3.63, 3.8) is 0 Å². The summed E-state index contributed by atoms with van der Waals surface area (Å²) in [5.41, 5.74) is 4.22. The van der Waals surface area contributed by atoms with Crippen LogP contribution in [0, 0.1) is 11.6 Å². The van der Waals surface area contributed by atoms with Gasteiger partial charge in [-0.1, -0.05) is 24.3 Å². The maximum Gasteiger partial charge on any atom is 0.130 e. The largest absolute Gasteiger partial charge is 0.357 e. The van der Waals surface area contributed by atoms with Crippen LogP contribution in [0.5, 0.6) is 0 Å². The second-order valence-electron chi connectivity index (χ2n) is 6.12. The summed E-state index contributed by atoms with van der Waals surface area (Å²) in [5, 5.41) is 4.70. The third-order valence-corrected chi connectivity index (χ3v) is 4.67. The number of nitrogens with one attached hydrogen (secondary N) is 2. The lowest BCUT2D eigenvalue weighted by molar-refractivity contribution is 0.445. The van der Waals surface area contributed by atoms with Gasteiger partial charge in [-0.2, -0.15) is 0 Å². The monoisotopic (exact) mass is 312 g/mol. The van der Waals surface area contributed by atoms with Crippen LogP contribution >= 0.6 is 0 Å². The third-order valence-electron chi connectivity index (χ3n) is 4.67. The smallest absolute Gasteiger partial charge is 0.130 e. The number of halogens is 2. The van der Waals surface area contributed by atoms with Crippen molar-refractivity contribution in [3.05, 3.63) is 70.9 Å². The Morgan fingerprint density at radius 3 is 2.87 bits per heavy atom.